The van der Waals surface area contributed by atoms with Crippen molar-refractivity contribution in [2.45, 2.75) is 31.6 Å². The summed E-state index contributed by atoms with van der Waals surface area (Å²) in [5.41, 5.74) is 1.13. The van der Waals surface area contributed by atoms with Crippen molar-refractivity contribution in [3.63, 3.8) is 0 Å². The van der Waals surface area contributed by atoms with Crippen molar-refractivity contribution in [2.24, 2.45) is 4.99 Å². The zero-order valence-corrected chi connectivity index (χ0v) is 15.0. The van der Waals surface area contributed by atoms with Crippen molar-refractivity contribution in [1.29, 1.82) is 0 Å². The van der Waals surface area contributed by atoms with Gasteiger partial charge in [-0.05, 0) is 43.2 Å². The monoisotopic (exact) mass is 337 g/mol. The van der Waals surface area contributed by atoms with Gasteiger partial charge in [0.2, 0.25) is 0 Å². The number of nitrogens with one attached hydrogen (secondary N) is 2. The van der Waals surface area contributed by atoms with Gasteiger partial charge in [-0.1, -0.05) is 6.07 Å². The highest BCUT2D eigenvalue weighted by atomic mass is 32.2. The molecule has 1 saturated heterocycles. The summed E-state index contributed by atoms with van der Waals surface area (Å²) >= 11 is 2.05. The first-order valence-electron chi connectivity index (χ1n) is 8.12. The highest BCUT2D eigenvalue weighted by Gasteiger charge is 2.15. The van der Waals surface area contributed by atoms with E-state index in [9.17, 15) is 0 Å². The van der Waals surface area contributed by atoms with Gasteiger partial charge in [0, 0.05) is 25.4 Å². The van der Waals surface area contributed by atoms with Crippen LogP contribution in [0, 0.1) is 0 Å². The minimum atomic E-state index is 0.621. The van der Waals surface area contributed by atoms with Gasteiger partial charge in [0.25, 0.3) is 0 Å². The Hall–Kier alpha value is -1.56. The molecule has 1 heterocycles. The summed E-state index contributed by atoms with van der Waals surface area (Å²) in [4.78, 5) is 4.29. The van der Waals surface area contributed by atoms with E-state index in [1.807, 2.05) is 36.9 Å². The fourth-order valence-corrected chi connectivity index (χ4v) is 3.72. The van der Waals surface area contributed by atoms with Crippen LogP contribution in [0.4, 0.5) is 0 Å². The van der Waals surface area contributed by atoms with Gasteiger partial charge in [0.1, 0.15) is 0 Å². The van der Waals surface area contributed by atoms with E-state index in [-0.39, 0.29) is 0 Å². The summed E-state index contributed by atoms with van der Waals surface area (Å²) in [6.45, 7) is 4.26. The molecule has 1 aromatic rings. The molecule has 0 radical (unpaired) electrons. The van der Waals surface area contributed by atoms with E-state index in [1.54, 1.807) is 14.2 Å². The van der Waals surface area contributed by atoms with E-state index >= 15 is 0 Å². The largest absolute Gasteiger partial charge is 0.493 e. The Morgan fingerprint density at radius 2 is 2.22 bits per heavy atom. The topological polar surface area (TPSA) is 54.9 Å². The van der Waals surface area contributed by atoms with Gasteiger partial charge in [-0.15, -0.1) is 0 Å². The summed E-state index contributed by atoms with van der Waals surface area (Å²) in [7, 11) is 3.46. The number of ether oxygens (including phenoxy) is 2. The Morgan fingerprint density at radius 3 is 2.87 bits per heavy atom. The maximum absolute atomic E-state index is 5.62. The number of benzene rings is 1. The molecule has 0 bridgehead atoms. The van der Waals surface area contributed by atoms with E-state index in [4.69, 9.17) is 9.47 Å². The number of hydrogen-bond acceptors (Lipinski definition) is 4. The number of hydrogen-bond donors (Lipinski definition) is 2. The molecule has 0 aliphatic carbocycles. The zero-order valence-electron chi connectivity index (χ0n) is 14.2. The van der Waals surface area contributed by atoms with Crippen LogP contribution in [0.3, 0.4) is 0 Å². The van der Waals surface area contributed by atoms with Crippen LogP contribution in [-0.4, -0.2) is 44.3 Å². The fraction of sp³-hybridized carbons (Fsp3) is 0.588. The van der Waals surface area contributed by atoms with Crippen molar-refractivity contribution in [3.8, 4) is 11.5 Å². The van der Waals surface area contributed by atoms with Gasteiger partial charge < -0.3 is 20.1 Å². The Labute approximate surface area is 143 Å². The lowest BCUT2D eigenvalue weighted by Gasteiger charge is -2.15. The number of rotatable bonds is 7. The van der Waals surface area contributed by atoms with Crippen molar-refractivity contribution in [1.82, 2.24) is 10.6 Å². The van der Waals surface area contributed by atoms with Crippen LogP contribution in [0.15, 0.2) is 23.2 Å². The predicted molar refractivity (Wildman–Crippen MR) is 97.8 cm³/mol. The highest BCUT2D eigenvalue weighted by molar-refractivity contribution is 8.00. The van der Waals surface area contributed by atoms with Crippen LogP contribution in [0.1, 0.15) is 25.3 Å². The molecule has 1 unspecified atom stereocenters. The van der Waals surface area contributed by atoms with Crippen LogP contribution >= 0.6 is 11.8 Å². The summed E-state index contributed by atoms with van der Waals surface area (Å²) in [6, 6.07) is 5.98. The number of aliphatic imine (C=N–C) groups is 1. The maximum Gasteiger partial charge on any atom is 0.191 e. The van der Waals surface area contributed by atoms with Crippen LogP contribution in [0.2, 0.25) is 0 Å². The quantitative estimate of drug-likeness (QED) is 0.592. The van der Waals surface area contributed by atoms with Crippen LogP contribution < -0.4 is 20.1 Å². The van der Waals surface area contributed by atoms with E-state index < -0.39 is 0 Å². The fourth-order valence-electron chi connectivity index (χ4n) is 2.52. The second-order valence-corrected chi connectivity index (χ2v) is 6.77. The van der Waals surface area contributed by atoms with Crippen molar-refractivity contribution >= 4 is 17.7 Å². The Kier molecular flexibility index (Phi) is 7.39. The molecule has 2 rings (SSSR count). The predicted octanol–water partition coefficient (Wildman–Crippen LogP) is 2.65. The average molecular weight is 337 g/mol. The summed E-state index contributed by atoms with van der Waals surface area (Å²) in [6.07, 6.45) is 2.62. The van der Waals surface area contributed by atoms with E-state index in [0.717, 1.165) is 29.6 Å². The van der Waals surface area contributed by atoms with E-state index in [2.05, 4.69) is 15.6 Å². The van der Waals surface area contributed by atoms with Gasteiger partial charge in [0.15, 0.2) is 17.5 Å². The molecule has 1 aliphatic heterocycles. The Morgan fingerprint density at radius 1 is 1.35 bits per heavy atom. The molecule has 23 heavy (non-hydrogen) atoms. The molecule has 1 fully saturated rings. The van der Waals surface area contributed by atoms with Gasteiger partial charge in [-0.25, -0.2) is 0 Å². The SMILES string of the molecule is CCOc1cc(CNC(=NC)NCC2CCCS2)ccc1OC. The van der Waals surface area contributed by atoms with Crippen LogP contribution in [-0.2, 0) is 6.54 Å². The molecule has 1 atom stereocenters. The molecule has 5 nitrogen and oxygen atoms in total. The van der Waals surface area contributed by atoms with E-state index in [1.165, 1.54) is 18.6 Å². The van der Waals surface area contributed by atoms with Crippen molar-refractivity contribution in [2.75, 3.05) is 33.1 Å². The third-order valence-electron chi connectivity index (χ3n) is 3.73. The summed E-state index contributed by atoms with van der Waals surface area (Å²) < 4.78 is 10.9. The molecular weight excluding hydrogens is 310 g/mol. The average Bonchev–Trinajstić information content (AvgIpc) is 3.09. The first kappa shape index (κ1) is 17.8. The zero-order chi connectivity index (χ0) is 16.5. The normalized spacial score (nSPS) is 17.9. The lowest BCUT2D eigenvalue weighted by atomic mass is 10.2. The van der Waals surface area contributed by atoms with E-state index in [0.29, 0.717) is 18.4 Å². The molecule has 0 spiro atoms. The van der Waals surface area contributed by atoms with Crippen LogP contribution in [0.5, 0.6) is 11.5 Å². The van der Waals surface area contributed by atoms with Crippen molar-refractivity contribution in [3.05, 3.63) is 23.8 Å². The third kappa shape index (κ3) is 5.53. The molecule has 128 valence electrons. The second-order valence-electron chi connectivity index (χ2n) is 5.36. The molecule has 1 aliphatic rings. The molecule has 0 saturated carbocycles. The first-order chi connectivity index (χ1) is 11.3. The maximum atomic E-state index is 5.62. The molecular formula is C17H27N3O2S. The second kappa shape index (κ2) is 9.55. The standard InChI is InChI=1S/C17H27N3O2S/c1-4-22-16-10-13(7-8-15(16)21-3)11-19-17(18-2)20-12-14-6-5-9-23-14/h7-8,10,14H,4-6,9,11-12H2,1-3H3,(H2,18,19,20). The highest BCUT2D eigenvalue weighted by Crippen LogP contribution is 2.28. The molecule has 2 N–H and O–H groups in total. The number of methoxy groups -OCH3 is 1. The minimum absolute atomic E-state index is 0.621. The number of nitrogens with zero attached hydrogens (tertiary/aromatic N) is 1. The Bertz CT molecular complexity index is 517. The van der Waals surface area contributed by atoms with Gasteiger partial charge in [-0.2, -0.15) is 11.8 Å². The van der Waals surface area contributed by atoms with Crippen molar-refractivity contribution < 1.29 is 9.47 Å². The van der Waals surface area contributed by atoms with Gasteiger partial charge in [-0.3, -0.25) is 4.99 Å². The lowest BCUT2D eigenvalue weighted by molar-refractivity contribution is 0.310. The molecule has 1 aromatic carbocycles. The number of guanidine groups is 1. The lowest BCUT2D eigenvalue weighted by Crippen LogP contribution is -2.39. The molecule has 0 aromatic heterocycles. The minimum Gasteiger partial charge on any atom is -0.493 e. The summed E-state index contributed by atoms with van der Waals surface area (Å²) in [5, 5.41) is 7.46. The molecule has 0 amide bonds. The smallest absolute Gasteiger partial charge is 0.191 e. The molecule has 6 heteroatoms. The van der Waals surface area contributed by atoms with Crippen LogP contribution in [0.25, 0.3) is 0 Å². The first-order valence-corrected chi connectivity index (χ1v) is 9.17. The van der Waals surface area contributed by atoms with Gasteiger partial charge >= 0.3 is 0 Å². The third-order valence-corrected chi connectivity index (χ3v) is 5.13. The van der Waals surface area contributed by atoms with Gasteiger partial charge in [0.05, 0.1) is 13.7 Å². The number of thioether (sulfide) groups is 1. The summed E-state index contributed by atoms with van der Waals surface area (Å²) in [5.74, 6) is 3.66. The Balaban J connectivity index is 1.86.